The highest BCUT2D eigenvalue weighted by molar-refractivity contribution is 7.14. The van der Waals surface area contributed by atoms with Crippen LogP contribution in [0.15, 0.2) is 17.6 Å². The van der Waals surface area contributed by atoms with Crippen molar-refractivity contribution in [2.24, 2.45) is 0 Å². The smallest absolute Gasteiger partial charge is 0.264 e. The molecule has 1 saturated heterocycles. The minimum absolute atomic E-state index is 0.224. The quantitative estimate of drug-likeness (QED) is 0.781. The summed E-state index contributed by atoms with van der Waals surface area (Å²) in [6, 6.07) is 2.17. The van der Waals surface area contributed by atoms with Crippen LogP contribution in [-0.4, -0.2) is 42.0 Å². The number of thiophene rings is 1. The number of fused-ring (bicyclic) bond motifs is 1. The van der Waals surface area contributed by atoms with Crippen molar-refractivity contribution in [1.29, 1.82) is 0 Å². The van der Waals surface area contributed by atoms with Crippen LogP contribution in [0.25, 0.3) is 0 Å². The van der Waals surface area contributed by atoms with E-state index < -0.39 is 0 Å². The molecule has 0 spiro atoms. The predicted molar refractivity (Wildman–Crippen MR) is 95.8 cm³/mol. The lowest BCUT2D eigenvalue weighted by atomic mass is 10.1. The molecule has 2 aromatic rings. The van der Waals surface area contributed by atoms with Gasteiger partial charge in [-0.15, -0.1) is 22.7 Å². The Morgan fingerprint density at radius 3 is 2.70 bits per heavy atom. The molecule has 6 heteroatoms. The third-order valence-corrected chi connectivity index (χ3v) is 6.77. The highest BCUT2D eigenvalue weighted by Crippen LogP contribution is 2.30. The topological polar surface area (TPSA) is 36.4 Å². The number of carbonyl (C=O) groups is 1. The highest BCUT2D eigenvalue weighted by atomic mass is 32.1. The van der Waals surface area contributed by atoms with Crippen molar-refractivity contribution in [3.63, 3.8) is 0 Å². The molecular weight excluding hydrogens is 326 g/mol. The van der Waals surface area contributed by atoms with Gasteiger partial charge in [0, 0.05) is 42.6 Å². The number of amides is 1. The van der Waals surface area contributed by atoms with Gasteiger partial charge in [0.15, 0.2) is 5.13 Å². The first-order valence-electron chi connectivity index (χ1n) is 8.36. The van der Waals surface area contributed by atoms with Crippen molar-refractivity contribution in [2.45, 2.75) is 32.1 Å². The van der Waals surface area contributed by atoms with Crippen LogP contribution in [0.1, 0.15) is 39.4 Å². The van der Waals surface area contributed by atoms with E-state index in [1.54, 1.807) is 22.7 Å². The van der Waals surface area contributed by atoms with Gasteiger partial charge in [-0.1, -0.05) is 6.42 Å². The Bertz CT molecular complexity index is 649. The minimum atomic E-state index is 0.224. The summed E-state index contributed by atoms with van der Waals surface area (Å²) >= 11 is 3.40. The summed E-state index contributed by atoms with van der Waals surface area (Å²) in [7, 11) is 0. The number of aryl methyl sites for hydroxylation is 2. The van der Waals surface area contributed by atoms with Crippen molar-refractivity contribution in [2.75, 3.05) is 31.1 Å². The number of aromatic nitrogens is 1. The fourth-order valence-corrected chi connectivity index (χ4v) is 5.32. The lowest BCUT2D eigenvalue weighted by Crippen LogP contribution is -2.48. The van der Waals surface area contributed by atoms with Gasteiger partial charge in [-0.3, -0.25) is 4.79 Å². The number of thiazole rings is 1. The van der Waals surface area contributed by atoms with Crippen LogP contribution < -0.4 is 4.90 Å². The van der Waals surface area contributed by atoms with Crippen LogP contribution in [0.5, 0.6) is 0 Å². The van der Waals surface area contributed by atoms with E-state index in [0.717, 1.165) is 49.0 Å². The van der Waals surface area contributed by atoms with Crippen LogP contribution in [0.2, 0.25) is 0 Å². The molecule has 0 radical (unpaired) electrons. The molecule has 122 valence electrons. The summed E-state index contributed by atoms with van der Waals surface area (Å²) in [4.78, 5) is 23.8. The number of hydrogen-bond acceptors (Lipinski definition) is 5. The van der Waals surface area contributed by atoms with Gasteiger partial charge in [-0.05, 0) is 37.3 Å². The molecule has 0 saturated carbocycles. The van der Waals surface area contributed by atoms with Gasteiger partial charge >= 0.3 is 0 Å². The van der Waals surface area contributed by atoms with Gasteiger partial charge < -0.3 is 9.80 Å². The second-order valence-corrected chi connectivity index (χ2v) is 8.22. The standard InChI is InChI=1S/C17H21N3OS2/c21-16(15-12-13-4-2-1-3-5-14(13)23-15)19-7-9-20(10-8-19)17-18-6-11-22-17/h6,11-12H,1-5,7-10H2. The average molecular weight is 348 g/mol. The zero-order chi connectivity index (χ0) is 15.6. The van der Waals surface area contributed by atoms with Crippen LogP contribution in [0, 0.1) is 0 Å². The number of carbonyl (C=O) groups excluding carboxylic acids is 1. The van der Waals surface area contributed by atoms with Crippen LogP contribution in [0.4, 0.5) is 5.13 Å². The first-order valence-corrected chi connectivity index (χ1v) is 10.1. The Hall–Kier alpha value is -1.40. The summed E-state index contributed by atoms with van der Waals surface area (Å²) in [5.41, 5.74) is 1.43. The molecule has 0 aromatic carbocycles. The first kappa shape index (κ1) is 15.1. The van der Waals surface area contributed by atoms with E-state index >= 15 is 0 Å². The number of piperazine rings is 1. The summed E-state index contributed by atoms with van der Waals surface area (Å²) in [5, 5.41) is 3.07. The summed E-state index contributed by atoms with van der Waals surface area (Å²) in [6.07, 6.45) is 8.01. The predicted octanol–water partition coefficient (Wildman–Crippen LogP) is 3.44. The maximum atomic E-state index is 12.8. The molecule has 1 fully saturated rings. The SMILES string of the molecule is O=C(c1cc2c(s1)CCCCC2)N1CCN(c2nccs2)CC1. The Balaban J connectivity index is 1.42. The van der Waals surface area contributed by atoms with E-state index in [1.807, 2.05) is 16.5 Å². The fourth-order valence-electron chi connectivity index (χ4n) is 3.40. The molecule has 1 amide bonds. The van der Waals surface area contributed by atoms with Crippen molar-refractivity contribution in [1.82, 2.24) is 9.88 Å². The van der Waals surface area contributed by atoms with Gasteiger partial charge in [0.25, 0.3) is 5.91 Å². The molecular formula is C17H21N3OS2. The van der Waals surface area contributed by atoms with Crippen molar-refractivity contribution < 1.29 is 4.79 Å². The second kappa shape index (κ2) is 6.61. The third kappa shape index (κ3) is 3.15. The van der Waals surface area contributed by atoms with Crippen LogP contribution in [-0.2, 0) is 12.8 Å². The molecule has 2 aliphatic rings. The van der Waals surface area contributed by atoms with Gasteiger partial charge in [0.1, 0.15) is 0 Å². The van der Waals surface area contributed by atoms with Crippen LogP contribution in [0.3, 0.4) is 0 Å². The molecule has 0 atom stereocenters. The molecule has 0 bridgehead atoms. The van der Waals surface area contributed by atoms with E-state index in [2.05, 4.69) is 16.0 Å². The summed E-state index contributed by atoms with van der Waals surface area (Å²) in [6.45, 7) is 3.34. The molecule has 1 aliphatic carbocycles. The molecule has 0 unspecified atom stereocenters. The van der Waals surface area contributed by atoms with Crippen molar-refractivity contribution in [3.8, 4) is 0 Å². The molecule has 2 aromatic heterocycles. The Kier molecular flexibility index (Phi) is 4.35. The van der Waals surface area contributed by atoms with Gasteiger partial charge in [0.2, 0.25) is 0 Å². The van der Waals surface area contributed by atoms with Gasteiger partial charge in [-0.25, -0.2) is 4.98 Å². The Morgan fingerprint density at radius 1 is 1.09 bits per heavy atom. The second-order valence-electron chi connectivity index (χ2n) is 6.21. The lowest BCUT2D eigenvalue weighted by molar-refractivity contribution is 0.0751. The number of hydrogen-bond donors (Lipinski definition) is 0. The maximum Gasteiger partial charge on any atom is 0.264 e. The van der Waals surface area contributed by atoms with Gasteiger partial charge in [0.05, 0.1) is 4.88 Å². The zero-order valence-electron chi connectivity index (χ0n) is 13.2. The van der Waals surface area contributed by atoms with E-state index in [9.17, 15) is 4.79 Å². The first-order chi connectivity index (χ1) is 11.3. The van der Waals surface area contributed by atoms with Gasteiger partial charge in [-0.2, -0.15) is 0 Å². The summed E-state index contributed by atoms with van der Waals surface area (Å²) in [5.74, 6) is 0.224. The molecule has 23 heavy (non-hydrogen) atoms. The molecule has 1 aliphatic heterocycles. The lowest BCUT2D eigenvalue weighted by Gasteiger charge is -2.34. The number of anilines is 1. The molecule has 4 rings (SSSR count). The number of rotatable bonds is 2. The minimum Gasteiger partial charge on any atom is -0.345 e. The number of nitrogens with zero attached hydrogens (tertiary/aromatic N) is 3. The van der Waals surface area contributed by atoms with Crippen molar-refractivity contribution in [3.05, 3.63) is 33.0 Å². The average Bonchev–Trinajstić information content (AvgIpc) is 3.21. The normalized spacial score (nSPS) is 18.6. The molecule has 0 N–H and O–H groups in total. The maximum absolute atomic E-state index is 12.8. The molecule has 4 nitrogen and oxygen atoms in total. The van der Waals surface area contributed by atoms with Crippen LogP contribution >= 0.6 is 22.7 Å². The van der Waals surface area contributed by atoms with E-state index in [4.69, 9.17) is 0 Å². The third-order valence-electron chi connectivity index (χ3n) is 4.71. The fraction of sp³-hybridized carbons (Fsp3) is 0.529. The Morgan fingerprint density at radius 2 is 1.91 bits per heavy atom. The Labute approximate surface area is 144 Å². The monoisotopic (exact) mass is 347 g/mol. The highest BCUT2D eigenvalue weighted by Gasteiger charge is 2.25. The molecule has 3 heterocycles. The van der Waals surface area contributed by atoms with E-state index in [-0.39, 0.29) is 5.91 Å². The van der Waals surface area contributed by atoms with E-state index in [1.165, 1.54) is 29.7 Å². The van der Waals surface area contributed by atoms with Crippen molar-refractivity contribution >= 4 is 33.7 Å². The largest absolute Gasteiger partial charge is 0.345 e. The summed E-state index contributed by atoms with van der Waals surface area (Å²) < 4.78 is 0. The zero-order valence-corrected chi connectivity index (χ0v) is 14.8. The van der Waals surface area contributed by atoms with E-state index in [0.29, 0.717) is 0 Å².